The van der Waals surface area contributed by atoms with E-state index in [0.29, 0.717) is 5.56 Å². The molecule has 0 bridgehead atoms. The highest BCUT2D eigenvalue weighted by Crippen LogP contribution is 2.45. The van der Waals surface area contributed by atoms with Crippen LogP contribution in [0.5, 0.6) is 0 Å². The molecule has 1 aromatic carbocycles. The largest absolute Gasteiger partial charge is 0.478 e. The number of carbonyl (C=O) groups is 1. The third-order valence-corrected chi connectivity index (χ3v) is 6.68. The monoisotopic (exact) mass is 341 g/mol. The van der Waals surface area contributed by atoms with Crippen molar-refractivity contribution in [3.05, 3.63) is 45.3 Å². The van der Waals surface area contributed by atoms with E-state index >= 15 is 0 Å². The topological polar surface area (TPSA) is 40.5 Å². The van der Waals surface area contributed by atoms with Crippen molar-refractivity contribution in [2.24, 2.45) is 5.41 Å². The quantitative estimate of drug-likeness (QED) is 0.869. The first-order valence-corrected chi connectivity index (χ1v) is 9.34. The molecule has 0 unspecified atom stereocenters. The maximum absolute atomic E-state index is 12.0. The average molecular weight is 341 g/mol. The third-order valence-electron chi connectivity index (χ3n) is 5.34. The predicted octanol–water partition coefficient (Wildman–Crippen LogP) is 4.57. The van der Waals surface area contributed by atoms with E-state index < -0.39 is 5.97 Å². The van der Waals surface area contributed by atoms with Gasteiger partial charge in [-0.3, -0.25) is 4.90 Å². The van der Waals surface area contributed by atoms with Crippen LogP contribution in [0.4, 0.5) is 0 Å². The second-order valence-electron chi connectivity index (χ2n) is 8.01. The Morgan fingerprint density at radius 1 is 1.25 bits per heavy atom. The molecule has 0 amide bonds. The third kappa shape index (κ3) is 2.58. The van der Waals surface area contributed by atoms with Crippen LogP contribution in [0, 0.1) is 5.41 Å². The molecule has 1 aliphatic heterocycles. The zero-order chi connectivity index (χ0) is 17.1. The smallest absolute Gasteiger partial charge is 0.337 e. The van der Waals surface area contributed by atoms with Crippen LogP contribution in [0.15, 0.2) is 18.2 Å². The minimum atomic E-state index is -0.780. The van der Waals surface area contributed by atoms with Crippen LogP contribution in [0.2, 0.25) is 0 Å². The number of aromatic carboxylic acids is 1. The van der Waals surface area contributed by atoms with Crippen LogP contribution < -0.4 is 0 Å². The highest BCUT2D eigenvalue weighted by Gasteiger charge is 2.33. The van der Waals surface area contributed by atoms with E-state index in [9.17, 15) is 9.90 Å². The molecule has 2 aromatic rings. The van der Waals surface area contributed by atoms with Gasteiger partial charge in [0, 0.05) is 22.8 Å². The highest BCUT2D eigenvalue weighted by molar-refractivity contribution is 7.16. The van der Waals surface area contributed by atoms with Crippen LogP contribution >= 0.6 is 11.3 Å². The minimum Gasteiger partial charge on any atom is -0.478 e. The molecule has 2 aliphatic rings. The molecular weight excluding hydrogens is 318 g/mol. The fraction of sp³-hybridized carbons (Fsp3) is 0.450. The molecule has 0 radical (unpaired) electrons. The zero-order valence-corrected chi connectivity index (χ0v) is 15.3. The molecule has 126 valence electrons. The van der Waals surface area contributed by atoms with Crippen molar-refractivity contribution in [3.63, 3.8) is 0 Å². The number of aryl methyl sites for hydroxylation is 1. The fourth-order valence-corrected chi connectivity index (χ4v) is 5.36. The van der Waals surface area contributed by atoms with Gasteiger partial charge in [0.05, 0.1) is 5.56 Å². The highest BCUT2D eigenvalue weighted by atomic mass is 32.1. The molecular formula is C20H23NO2S. The molecule has 4 rings (SSSR count). The number of thiophene rings is 1. The average Bonchev–Trinajstić information content (AvgIpc) is 3.04. The minimum absolute atomic E-state index is 0.191. The van der Waals surface area contributed by atoms with Gasteiger partial charge in [0.25, 0.3) is 0 Å². The van der Waals surface area contributed by atoms with Gasteiger partial charge in [-0.25, -0.2) is 4.79 Å². The number of fused-ring (bicyclic) bond motifs is 2. The molecule has 0 spiro atoms. The summed E-state index contributed by atoms with van der Waals surface area (Å²) >= 11 is 1.70. The van der Waals surface area contributed by atoms with Gasteiger partial charge < -0.3 is 5.11 Å². The lowest BCUT2D eigenvalue weighted by molar-refractivity contribution is 0.0696. The van der Waals surface area contributed by atoms with Gasteiger partial charge in [-0.05, 0) is 60.0 Å². The summed E-state index contributed by atoms with van der Waals surface area (Å²) in [5.41, 5.74) is 5.58. The lowest BCUT2D eigenvalue weighted by Gasteiger charge is -2.29. The van der Waals surface area contributed by atoms with Crippen LogP contribution in [-0.2, 0) is 25.9 Å². The molecule has 4 heteroatoms. The lowest BCUT2D eigenvalue weighted by Crippen LogP contribution is -2.22. The summed E-state index contributed by atoms with van der Waals surface area (Å²) in [6.45, 7) is 6.41. The van der Waals surface area contributed by atoms with Gasteiger partial charge in [-0.15, -0.1) is 11.3 Å². The van der Waals surface area contributed by atoms with E-state index in [2.05, 4.69) is 44.0 Å². The molecule has 0 fully saturated rings. The van der Waals surface area contributed by atoms with Gasteiger partial charge >= 0.3 is 5.97 Å². The molecule has 0 saturated heterocycles. The Balaban J connectivity index is 1.84. The second kappa shape index (κ2) is 5.43. The second-order valence-corrected chi connectivity index (χ2v) is 9.12. The first kappa shape index (κ1) is 15.9. The fourth-order valence-electron chi connectivity index (χ4n) is 4.06. The summed E-state index contributed by atoms with van der Waals surface area (Å²) < 4.78 is 0. The number of hydrogen-bond acceptors (Lipinski definition) is 3. The SMILES string of the molecule is CN1Cc2ccc(-c3sc4c(c3C(=O)O)CC(C)(C)CC4)cc2C1. The van der Waals surface area contributed by atoms with Gasteiger partial charge in [-0.2, -0.15) is 0 Å². The van der Waals surface area contributed by atoms with Crippen molar-refractivity contribution in [1.82, 2.24) is 4.90 Å². The summed E-state index contributed by atoms with van der Waals surface area (Å²) in [5, 5.41) is 9.88. The number of carboxylic acid groups (broad SMARTS) is 1. The Morgan fingerprint density at radius 3 is 2.75 bits per heavy atom. The summed E-state index contributed by atoms with van der Waals surface area (Å²) in [5.74, 6) is -0.780. The van der Waals surface area contributed by atoms with Crippen molar-refractivity contribution in [1.29, 1.82) is 0 Å². The lowest BCUT2D eigenvalue weighted by atomic mass is 9.76. The summed E-state index contributed by atoms with van der Waals surface area (Å²) in [7, 11) is 2.12. The first-order chi connectivity index (χ1) is 11.3. The standard InChI is InChI=1S/C20H23NO2S/c1-20(2)7-6-16-15(9-20)17(19(22)23)18(24-16)12-4-5-13-10-21(3)11-14(13)8-12/h4-5,8H,6-7,9-11H2,1-3H3,(H,22,23). The number of nitrogens with zero attached hydrogens (tertiary/aromatic N) is 1. The van der Waals surface area contributed by atoms with E-state index in [4.69, 9.17) is 0 Å². The number of rotatable bonds is 2. The van der Waals surface area contributed by atoms with Crippen molar-refractivity contribution >= 4 is 17.3 Å². The zero-order valence-electron chi connectivity index (χ0n) is 14.5. The van der Waals surface area contributed by atoms with E-state index in [-0.39, 0.29) is 5.41 Å². The molecule has 1 aromatic heterocycles. The van der Waals surface area contributed by atoms with Crippen LogP contribution in [0.25, 0.3) is 10.4 Å². The molecule has 0 saturated carbocycles. The number of carboxylic acids is 1. The summed E-state index contributed by atoms with van der Waals surface area (Å²) in [4.78, 5) is 16.5. The summed E-state index contributed by atoms with van der Waals surface area (Å²) in [6.07, 6.45) is 3.00. The summed E-state index contributed by atoms with van der Waals surface area (Å²) in [6, 6.07) is 6.48. The first-order valence-electron chi connectivity index (χ1n) is 8.53. The van der Waals surface area contributed by atoms with Crippen LogP contribution in [-0.4, -0.2) is 23.0 Å². The van der Waals surface area contributed by atoms with Gasteiger partial charge in [0.15, 0.2) is 0 Å². The van der Waals surface area contributed by atoms with Crippen LogP contribution in [0.1, 0.15) is 52.2 Å². The van der Waals surface area contributed by atoms with E-state index in [1.54, 1.807) is 11.3 Å². The van der Waals surface area contributed by atoms with Crippen LogP contribution in [0.3, 0.4) is 0 Å². The normalized spacial score (nSPS) is 19.1. The Kier molecular flexibility index (Phi) is 3.59. The molecule has 1 N–H and O–H groups in total. The number of benzene rings is 1. The molecule has 1 aliphatic carbocycles. The van der Waals surface area contributed by atoms with Crippen molar-refractivity contribution in [2.45, 2.75) is 46.2 Å². The van der Waals surface area contributed by atoms with Crippen molar-refractivity contribution in [2.75, 3.05) is 7.05 Å². The Hall–Kier alpha value is -1.65. The Morgan fingerprint density at radius 2 is 2.00 bits per heavy atom. The Labute approximate surface area is 146 Å². The molecule has 2 heterocycles. The number of hydrogen-bond donors (Lipinski definition) is 1. The molecule has 3 nitrogen and oxygen atoms in total. The maximum atomic E-state index is 12.0. The van der Waals surface area contributed by atoms with E-state index in [1.807, 2.05) is 0 Å². The van der Waals surface area contributed by atoms with Gasteiger partial charge in [-0.1, -0.05) is 26.0 Å². The van der Waals surface area contributed by atoms with Gasteiger partial charge in [0.1, 0.15) is 0 Å². The van der Waals surface area contributed by atoms with E-state index in [0.717, 1.165) is 48.4 Å². The van der Waals surface area contributed by atoms with Gasteiger partial charge in [0.2, 0.25) is 0 Å². The molecule has 24 heavy (non-hydrogen) atoms. The maximum Gasteiger partial charge on any atom is 0.337 e. The van der Waals surface area contributed by atoms with E-state index in [1.165, 1.54) is 16.0 Å². The predicted molar refractivity (Wildman–Crippen MR) is 97.7 cm³/mol. The Bertz CT molecular complexity index is 834. The molecule has 0 atom stereocenters. The van der Waals surface area contributed by atoms with Crippen molar-refractivity contribution < 1.29 is 9.90 Å². The van der Waals surface area contributed by atoms with Crippen molar-refractivity contribution in [3.8, 4) is 10.4 Å².